The smallest absolute Gasteiger partial charge is 0.261 e. The normalized spacial score (nSPS) is 15.1. The third kappa shape index (κ3) is 9.92. The second kappa shape index (κ2) is 20.0. The van der Waals surface area contributed by atoms with Crippen molar-refractivity contribution in [1.82, 2.24) is 24.8 Å². The molecule has 17 heteroatoms. The molecule has 4 aromatic carbocycles. The van der Waals surface area contributed by atoms with Gasteiger partial charge in [-0.3, -0.25) is 29.3 Å². The van der Waals surface area contributed by atoms with Crippen LogP contribution in [0.5, 0.6) is 23.1 Å². The van der Waals surface area contributed by atoms with E-state index in [4.69, 9.17) is 14.2 Å². The standard InChI is InChI=1S/C50H52FN7O9/c1-5-29-12-16-38-35(21-29)46(61)45(28(2)57(38)3)48(63)55-32-14-18-40(36(51)23-32)67-49-34-24-41(65-4)42(25-37(34)52-27-53-49)66-20-10-8-6-7-9-11-43(59)54-31-13-15-33-30(22-31)26-58(50(33)64)39-17-19-44(60)56-47(39)62/h12-16,18,21-25,27,39,43,54,59H,5-11,17,19-20,26H2,1-4H3,(H,55,63)(H,56,60,62). The minimum atomic E-state index is -0.779. The summed E-state index contributed by atoms with van der Waals surface area (Å²) >= 11 is 0. The molecular formula is C50H52FN7O9. The molecule has 0 saturated carbocycles. The third-order valence-corrected chi connectivity index (χ3v) is 12.4. The summed E-state index contributed by atoms with van der Waals surface area (Å²) in [6.45, 7) is 4.37. The predicted octanol–water partition coefficient (Wildman–Crippen LogP) is 7.46. The number of aliphatic hydroxyl groups excluding tert-OH is 1. The van der Waals surface area contributed by atoms with E-state index in [0.29, 0.717) is 69.7 Å². The maximum atomic E-state index is 15.5. The summed E-state index contributed by atoms with van der Waals surface area (Å²) in [6, 6.07) is 17.6. The Morgan fingerprint density at radius 3 is 2.49 bits per heavy atom. The number of anilines is 2. The Hall–Kier alpha value is -7.40. The summed E-state index contributed by atoms with van der Waals surface area (Å²) in [5.41, 5.74) is 4.33. The van der Waals surface area contributed by atoms with Gasteiger partial charge in [-0.05, 0) is 98.7 Å². The fourth-order valence-corrected chi connectivity index (χ4v) is 8.63. The molecule has 1 fully saturated rings. The van der Waals surface area contributed by atoms with Crippen molar-refractivity contribution in [3.05, 3.63) is 117 Å². The summed E-state index contributed by atoms with van der Waals surface area (Å²) in [5, 5.41) is 19.7. The van der Waals surface area contributed by atoms with Crippen LogP contribution in [0, 0.1) is 12.7 Å². The molecule has 4 amide bonds. The minimum absolute atomic E-state index is 0.0218. The number of hydrogen-bond acceptors (Lipinski definition) is 12. The van der Waals surface area contributed by atoms with Gasteiger partial charge in [-0.25, -0.2) is 14.4 Å². The Labute approximate surface area is 385 Å². The molecule has 6 aromatic rings. The van der Waals surface area contributed by atoms with Crippen molar-refractivity contribution >= 4 is 56.8 Å². The molecule has 2 aromatic heterocycles. The number of hydrogen-bond donors (Lipinski definition) is 4. The molecule has 0 radical (unpaired) electrons. The van der Waals surface area contributed by atoms with E-state index < -0.39 is 35.3 Å². The van der Waals surface area contributed by atoms with Crippen LogP contribution in [-0.4, -0.2) is 74.2 Å². The van der Waals surface area contributed by atoms with Crippen LogP contribution in [0.1, 0.15) is 95.8 Å². The van der Waals surface area contributed by atoms with Crippen LogP contribution in [0.25, 0.3) is 21.8 Å². The van der Waals surface area contributed by atoms with E-state index >= 15 is 4.39 Å². The number of rotatable bonds is 18. The molecule has 0 aliphatic carbocycles. The van der Waals surface area contributed by atoms with Gasteiger partial charge < -0.3 is 39.4 Å². The molecule has 2 aliphatic heterocycles. The summed E-state index contributed by atoms with van der Waals surface area (Å²) < 4.78 is 35.0. The number of piperidine rings is 1. The molecule has 4 heterocycles. The van der Waals surface area contributed by atoms with E-state index in [0.717, 1.165) is 55.7 Å². The van der Waals surface area contributed by atoms with Gasteiger partial charge in [-0.15, -0.1) is 0 Å². The van der Waals surface area contributed by atoms with Crippen molar-refractivity contribution in [3.63, 3.8) is 0 Å². The zero-order valence-corrected chi connectivity index (χ0v) is 37.7. The van der Waals surface area contributed by atoms with E-state index in [1.807, 2.05) is 25.1 Å². The number of carbonyl (C=O) groups is 4. The van der Waals surface area contributed by atoms with Crippen LogP contribution < -0.4 is 35.6 Å². The maximum absolute atomic E-state index is 15.5. The van der Waals surface area contributed by atoms with Gasteiger partial charge in [-0.1, -0.05) is 32.3 Å². The summed E-state index contributed by atoms with van der Waals surface area (Å²) in [7, 11) is 3.30. The van der Waals surface area contributed by atoms with Gasteiger partial charge in [0.25, 0.3) is 11.8 Å². The number of imide groups is 1. The quantitative estimate of drug-likeness (QED) is 0.0377. The van der Waals surface area contributed by atoms with Gasteiger partial charge in [0.15, 0.2) is 23.1 Å². The molecule has 2 unspecified atom stereocenters. The number of amides is 4. The van der Waals surface area contributed by atoms with Crippen LogP contribution in [-0.2, 0) is 29.6 Å². The van der Waals surface area contributed by atoms with Gasteiger partial charge in [0.1, 0.15) is 24.2 Å². The van der Waals surface area contributed by atoms with Gasteiger partial charge >= 0.3 is 0 Å². The first-order valence-corrected chi connectivity index (χ1v) is 22.4. The Morgan fingerprint density at radius 1 is 0.925 bits per heavy atom. The number of fused-ring (bicyclic) bond motifs is 3. The number of aryl methyl sites for hydroxylation is 2. The van der Waals surface area contributed by atoms with Crippen LogP contribution in [0.4, 0.5) is 15.8 Å². The highest BCUT2D eigenvalue weighted by molar-refractivity contribution is 6.07. The van der Waals surface area contributed by atoms with Crippen molar-refractivity contribution in [2.45, 2.75) is 90.4 Å². The van der Waals surface area contributed by atoms with Crippen molar-refractivity contribution in [1.29, 1.82) is 0 Å². The molecule has 16 nitrogen and oxygen atoms in total. The third-order valence-electron chi connectivity index (χ3n) is 12.4. The largest absolute Gasteiger partial charge is 0.493 e. The minimum Gasteiger partial charge on any atom is -0.493 e. The highest BCUT2D eigenvalue weighted by Crippen LogP contribution is 2.37. The lowest BCUT2D eigenvalue weighted by atomic mass is 10.0. The van der Waals surface area contributed by atoms with E-state index in [1.54, 1.807) is 48.9 Å². The average Bonchev–Trinajstić information content (AvgIpc) is 3.63. The summed E-state index contributed by atoms with van der Waals surface area (Å²) in [5.74, 6) is -1.63. The molecule has 0 spiro atoms. The molecule has 1 saturated heterocycles. The Bertz CT molecular complexity index is 2980. The van der Waals surface area contributed by atoms with Gasteiger partial charge in [0, 0.05) is 60.2 Å². The van der Waals surface area contributed by atoms with Crippen molar-refractivity contribution in [3.8, 4) is 23.1 Å². The number of nitrogens with zero attached hydrogens (tertiary/aromatic N) is 4. The molecule has 8 rings (SSSR count). The number of unbranched alkanes of at least 4 members (excludes halogenated alkanes) is 4. The number of methoxy groups -OCH3 is 1. The van der Waals surface area contributed by atoms with Crippen molar-refractivity contribution in [2.24, 2.45) is 7.05 Å². The number of nitrogens with one attached hydrogen (secondary N) is 3. The highest BCUT2D eigenvalue weighted by Gasteiger charge is 2.39. The van der Waals surface area contributed by atoms with Crippen molar-refractivity contribution in [2.75, 3.05) is 24.4 Å². The lowest BCUT2D eigenvalue weighted by Gasteiger charge is -2.29. The monoisotopic (exact) mass is 913 g/mol. The fourth-order valence-electron chi connectivity index (χ4n) is 8.63. The van der Waals surface area contributed by atoms with Gasteiger partial charge in [-0.2, -0.15) is 0 Å². The van der Waals surface area contributed by atoms with E-state index in [2.05, 4.69) is 25.9 Å². The first-order chi connectivity index (χ1) is 32.3. The van der Waals surface area contributed by atoms with Crippen LogP contribution >= 0.6 is 0 Å². The number of carbonyl (C=O) groups excluding carboxylic acids is 4. The predicted molar refractivity (Wildman–Crippen MR) is 249 cm³/mol. The first-order valence-electron chi connectivity index (χ1n) is 22.4. The number of ether oxygens (including phenoxy) is 3. The van der Waals surface area contributed by atoms with Crippen LogP contribution in [0.15, 0.2) is 77.9 Å². The van der Waals surface area contributed by atoms with Crippen LogP contribution in [0.2, 0.25) is 0 Å². The second-order valence-corrected chi connectivity index (χ2v) is 16.8. The van der Waals surface area contributed by atoms with Crippen molar-refractivity contribution < 1.29 is 42.9 Å². The fraction of sp³-hybridized carbons (Fsp3) is 0.340. The molecule has 2 atom stereocenters. The zero-order valence-electron chi connectivity index (χ0n) is 37.7. The van der Waals surface area contributed by atoms with E-state index in [-0.39, 0.29) is 47.7 Å². The zero-order chi connectivity index (χ0) is 47.4. The second-order valence-electron chi connectivity index (χ2n) is 16.8. The number of aromatic nitrogens is 3. The molecule has 2 aliphatic rings. The van der Waals surface area contributed by atoms with Crippen LogP contribution in [0.3, 0.4) is 0 Å². The summed E-state index contributed by atoms with van der Waals surface area (Å²) in [4.78, 5) is 74.0. The average molecular weight is 914 g/mol. The lowest BCUT2D eigenvalue weighted by molar-refractivity contribution is -0.136. The topological polar surface area (TPSA) is 203 Å². The molecule has 0 bridgehead atoms. The Morgan fingerprint density at radius 2 is 1.72 bits per heavy atom. The Kier molecular flexibility index (Phi) is 13.8. The van der Waals surface area contributed by atoms with Gasteiger partial charge in [0.05, 0.1) is 30.1 Å². The number of halogens is 1. The Balaban J connectivity index is 0.797. The van der Waals surface area contributed by atoms with E-state index in [1.165, 1.54) is 30.5 Å². The SMILES string of the molecule is CCc1ccc2c(c1)c(=O)c(C(=O)Nc1ccc(Oc3ncnc4cc(OCCCCCCCC(O)Nc5ccc6c(c5)CN(C5CCC(=O)NC5=O)C6=O)c(OC)cc34)c(F)c1)c(C)n2C. The number of aliphatic hydroxyl groups is 1. The molecule has 348 valence electrons. The van der Waals surface area contributed by atoms with E-state index in [9.17, 15) is 29.1 Å². The van der Waals surface area contributed by atoms with Gasteiger partial charge in [0.2, 0.25) is 23.1 Å². The lowest BCUT2D eigenvalue weighted by Crippen LogP contribution is -2.52. The number of pyridine rings is 1. The molecule has 4 N–H and O–H groups in total. The molecule has 67 heavy (non-hydrogen) atoms. The first kappa shape index (κ1) is 46.1. The number of benzene rings is 4. The molecular weight excluding hydrogens is 862 g/mol. The summed E-state index contributed by atoms with van der Waals surface area (Å²) in [6.07, 6.45) is 6.59. The highest BCUT2D eigenvalue weighted by atomic mass is 19.1. The maximum Gasteiger partial charge on any atom is 0.261 e.